The summed E-state index contributed by atoms with van der Waals surface area (Å²) in [7, 11) is 0. The van der Waals surface area contributed by atoms with E-state index in [-0.39, 0.29) is 5.41 Å². The first kappa shape index (κ1) is 34.1. The molecule has 0 aliphatic heterocycles. The third-order valence-corrected chi connectivity index (χ3v) is 12.4. The zero-order valence-corrected chi connectivity index (χ0v) is 31.9. The summed E-state index contributed by atoms with van der Waals surface area (Å²) in [5.41, 5.74) is 10.6. The first-order valence-corrected chi connectivity index (χ1v) is 20.0. The maximum absolute atomic E-state index is 9.73. The molecule has 2 heterocycles. The highest BCUT2D eigenvalue weighted by Crippen LogP contribution is 2.54. The fourth-order valence-corrected chi connectivity index (χ4v) is 10.4. The van der Waals surface area contributed by atoms with Gasteiger partial charge in [-0.3, -0.25) is 0 Å². The molecule has 0 saturated heterocycles. The van der Waals surface area contributed by atoms with Gasteiger partial charge < -0.3 is 4.57 Å². The van der Waals surface area contributed by atoms with Crippen LogP contribution in [0.15, 0.2) is 146 Å². The van der Waals surface area contributed by atoms with Gasteiger partial charge in [-0.25, -0.2) is 15.0 Å². The second kappa shape index (κ2) is 13.7. The van der Waals surface area contributed by atoms with E-state index >= 15 is 0 Å². The SMILES string of the molecule is C[C@@H]1CC2C[C@H](C)CC(c3ccc(-n4c5ccccc5c5ccc(-c6nc(-c7cccc(C#N)c7)nc(-c7cccc(-c8ccccc8)c7)n6)cc54)cc3)(C2)C1. The minimum Gasteiger partial charge on any atom is -0.309 e. The highest BCUT2D eigenvalue weighted by atomic mass is 15.0. The third-order valence-electron chi connectivity index (χ3n) is 12.4. The van der Waals surface area contributed by atoms with Gasteiger partial charge in [0, 0.05) is 33.2 Å². The van der Waals surface area contributed by atoms with Gasteiger partial charge in [0.05, 0.1) is 22.7 Å². The lowest BCUT2D eigenvalue weighted by Gasteiger charge is -2.50. The van der Waals surface area contributed by atoms with Crippen LogP contribution in [0.5, 0.6) is 0 Å². The fraction of sp³-hybridized carbons (Fsp3) is 0.216. The van der Waals surface area contributed by atoms with Crippen LogP contribution in [0.25, 0.3) is 72.8 Å². The predicted octanol–water partition coefficient (Wildman–Crippen LogP) is 12.6. The van der Waals surface area contributed by atoms with E-state index in [0.717, 1.165) is 56.8 Å². The van der Waals surface area contributed by atoms with Gasteiger partial charge in [0.15, 0.2) is 17.5 Å². The van der Waals surface area contributed by atoms with E-state index in [4.69, 9.17) is 15.0 Å². The number of hydrogen-bond donors (Lipinski definition) is 0. The van der Waals surface area contributed by atoms with Gasteiger partial charge in [-0.1, -0.05) is 117 Å². The molecule has 2 aliphatic carbocycles. The zero-order valence-electron chi connectivity index (χ0n) is 31.9. The maximum Gasteiger partial charge on any atom is 0.164 e. The summed E-state index contributed by atoms with van der Waals surface area (Å²) in [6, 6.07) is 53.2. The third kappa shape index (κ3) is 6.07. The van der Waals surface area contributed by atoms with Crippen molar-refractivity contribution in [3.8, 4) is 57.0 Å². The molecule has 0 N–H and O–H groups in total. The molecule has 10 rings (SSSR count). The number of para-hydroxylation sites is 1. The van der Waals surface area contributed by atoms with E-state index in [9.17, 15) is 5.26 Å². The van der Waals surface area contributed by atoms with Crippen molar-refractivity contribution < 1.29 is 0 Å². The van der Waals surface area contributed by atoms with Crippen LogP contribution >= 0.6 is 0 Å². The summed E-state index contributed by atoms with van der Waals surface area (Å²) in [4.78, 5) is 15.2. The molecule has 272 valence electrons. The lowest BCUT2D eigenvalue weighted by Crippen LogP contribution is -2.42. The Morgan fingerprint density at radius 1 is 0.536 bits per heavy atom. The topological polar surface area (TPSA) is 67.4 Å². The van der Waals surface area contributed by atoms with Gasteiger partial charge in [-0.2, -0.15) is 5.26 Å². The predicted molar refractivity (Wildman–Crippen MR) is 227 cm³/mol. The Morgan fingerprint density at radius 3 is 1.84 bits per heavy atom. The number of rotatable bonds is 6. The Balaban J connectivity index is 1.11. The molecule has 2 saturated carbocycles. The van der Waals surface area contributed by atoms with Crippen LogP contribution in [0, 0.1) is 29.1 Å². The molecule has 0 amide bonds. The number of hydrogen-bond acceptors (Lipinski definition) is 4. The Hall–Kier alpha value is -6.38. The van der Waals surface area contributed by atoms with Crippen molar-refractivity contribution in [3.05, 3.63) is 157 Å². The number of nitriles is 1. The van der Waals surface area contributed by atoms with Gasteiger partial charge in [0.25, 0.3) is 0 Å². The number of nitrogens with zero attached hydrogens (tertiary/aromatic N) is 5. The number of benzene rings is 6. The van der Waals surface area contributed by atoms with E-state index in [2.05, 4.69) is 134 Å². The van der Waals surface area contributed by atoms with Crippen LogP contribution in [0.1, 0.15) is 57.1 Å². The van der Waals surface area contributed by atoms with Crippen molar-refractivity contribution in [2.24, 2.45) is 17.8 Å². The van der Waals surface area contributed by atoms with E-state index in [1.54, 1.807) is 6.07 Å². The molecule has 5 nitrogen and oxygen atoms in total. The molecule has 6 aromatic carbocycles. The first-order valence-electron chi connectivity index (χ1n) is 20.0. The Kier molecular flexibility index (Phi) is 8.37. The van der Waals surface area contributed by atoms with Crippen molar-refractivity contribution in [2.75, 3.05) is 0 Å². The van der Waals surface area contributed by atoms with Gasteiger partial charge >= 0.3 is 0 Å². The molecule has 2 unspecified atom stereocenters. The minimum atomic E-state index is 0.286. The number of aromatic nitrogens is 4. The van der Waals surface area contributed by atoms with E-state index in [0.29, 0.717) is 23.0 Å². The highest BCUT2D eigenvalue weighted by molar-refractivity contribution is 6.10. The molecule has 56 heavy (non-hydrogen) atoms. The number of fused-ring (bicyclic) bond motifs is 5. The van der Waals surface area contributed by atoms with Crippen molar-refractivity contribution >= 4 is 21.8 Å². The minimum absolute atomic E-state index is 0.286. The second-order valence-corrected chi connectivity index (χ2v) is 16.5. The molecule has 2 aromatic heterocycles. The van der Waals surface area contributed by atoms with Gasteiger partial charge in [0.1, 0.15) is 0 Å². The summed E-state index contributed by atoms with van der Waals surface area (Å²) < 4.78 is 2.40. The van der Waals surface area contributed by atoms with E-state index in [1.165, 1.54) is 54.0 Å². The maximum atomic E-state index is 9.73. The summed E-state index contributed by atoms with van der Waals surface area (Å²) >= 11 is 0. The molecular weight excluding hydrogens is 683 g/mol. The molecule has 8 aromatic rings. The Morgan fingerprint density at radius 2 is 1.12 bits per heavy atom. The molecule has 0 spiro atoms. The van der Waals surface area contributed by atoms with Crippen LogP contribution in [0.2, 0.25) is 0 Å². The molecule has 2 fully saturated rings. The lowest BCUT2D eigenvalue weighted by atomic mass is 9.54. The lowest BCUT2D eigenvalue weighted by molar-refractivity contribution is 0.0780. The van der Waals surface area contributed by atoms with Crippen molar-refractivity contribution in [1.82, 2.24) is 19.5 Å². The van der Waals surface area contributed by atoms with Crippen LogP contribution in [-0.2, 0) is 5.41 Å². The molecular formula is C51H43N5. The van der Waals surface area contributed by atoms with Crippen LogP contribution in [0.4, 0.5) is 0 Å². The molecule has 2 bridgehead atoms. The largest absolute Gasteiger partial charge is 0.309 e. The smallest absolute Gasteiger partial charge is 0.164 e. The van der Waals surface area contributed by atoms with Crippen LogP contribution in [-0.4, -0.2) is 19.5 Å². The standard InChI is InChI=1S/C51H43N5/c1-33-24-36-25-34(2)30-51(29-33,31-36)42-19-21-43(22-20-42)56-46-17-7-6-16-44(46)45-23-18-41(28-47(45)56)50-54-48(39-14-8-10-35(26-39)32-52)53-49(55-50)40-15-9-13-38(27-40)37-11-4-3-5-12-37/h3-23,26-28,33-34,36H,24-25,29-31H2,1-2H3/t33-,34+,36?,51?. The van der Waals surface area contributed by atoms with E-state index in [1.807, 2.05) is 30.3 Å². The molecule has 2 aliphatic rings. The normalized spacial score (nSPS) is 20.6. The van der Waals surface area contributed by atoms with Crippen LogP contribution in [0.3, 0.4) is 0 Å². The van der Waals surface area contributed by atoms with Gasteiger partial charge in [0.2, 0.25) is 0 Å². The zero-order chi connectivity index (χ0) is 37.8. The summed E-state index contributed by atoms with van der Waals surface area (Å²) in [6.07, 6.45) is 6.67. The Labute approximate surface area is 328 Å². The monoisotopic (exact) mass is 725 g/mol. The summed E-state index contributed by atoms with van der Waals surface area (Å²) in [5, 5.41) is 12.1. The second-order valence-electron chi connectivity index (χ2n) is 16.5. The molecule has 5 heteroatoms. The highest BCUT2D eigenvalue weighted by Gasteiger charge is 2.45. The van der Waals surface area contributed by atoms with Gasteiger partial charge in [-0.15, -0.1) is 0 Å². The summed E-state index contributed by atoms with van der Waals surface area (Å²) in [6.45, 7) is 4.93. The van der Waals surface area contributed by atoms with Crippen molar-refractivity contribution in [3.63, 3.8) is 0 Å². The average molecular weight is 726 g/mol. The average Bonchev–Trinajstić information content (AvgIpc) is 3.57. The van der Waals surface area contributed by atoms with Gasteiger partial charge in [-0.05, 0) is 114 Å². The molecule has 4 atom stereocenters. The Bertz CT molecular complexity index is 2770. The van der Waals surface area contributed by atoms with Crippen LogP contribution < -0.4 is 0 Å². The summed E-state index contributed by atoms with van der Waals surface area (Å²) in [5.74, 6) is 4.08. The van der Waals surface area contributed by atoms with E-state index < -0.39 is 0 Å². The van der Waals surface area contributed by atoms with Crippen molar-refractivity contribution in [1.29, 1.82) is 5.26 Å². The quantitative estimate of drug-likeness (QED) is 0.171. The first-order chi connectivity index (χ1) is 27.4. The molecule has 0 radical (unpaired) electrons. The van der Waals surface area contributed by atoms with Crippen molar-refractivity contribution in [2.45, 2.75) is 51.4 Å². The fourth-order valence-electron chi connectivity index (χ4n) is 10.4.